The SMILES string of the molecule is Cc1c(C)c2c(c(C)c1N=O)C(N(C)O)CC1(CCC1)O2. The minimum Gasteiger partial charge on any atom is -0.487 e. The molecule has 0 radical (unpaired) electrons. The third kappa shape index (κ3) is 1.99. The van der Waals surface area contributed by atoms with E-state index in [-0.39, 0.29) is 11.6 Å². The Bertz CT molecular complexity index is 606. The van der Waals surface area contributed by atoms with Crippen LogP contribution in [0, 0.1) is 25.7 Å². The maximum atomic E-state index is 11.2. The fourth-order valence-corrected chi connectivity index (χ4v) is 3.71. The van der Waals surface area contributed by atoms with Crippen LogP contribution in [0.25, 0.3) is 0 Å². The lowest BCUT2D eigenvalue weighted by Gasteiger charge is -2.49. The molecule has 1 aliphatic carbocycles. The first kappa shape index (κ1) is 14.5. The van der Waals surface area contributed by atoms with Crippen molar-refractivity contribution < 1.29 is 9.94 Å². The first-order valence-electron chi connectivity index (χ1n) is 7.48. The molecule has 2 aliphatic rings. The van der Waals surface area contributed by atoms with Crippen molar-refractivity contribution in [3.05, 3.63) is 27.2 Å². The van der Waals surface area contributed by atoms with E-state index in [0.29, 0.717) is 5.69 Å². The second-order valence-electron chi connectivity index (χ2n) is 6.49. The zero-order valence-corrected chi connectivity index (χ0v) is 13.1. The van der Waals surface area contributed by atoms with Gasteiger partial charge in [0.25, 0.3) is 0 Å². The molecule has 0 aromatic heterocycles. The zero-order chi connectivity index (χ0) is 15.4. The van der Waals surface area contributed by atoms with Crippen molar-refractivity contribution in [3.63, 3.8) is 0 Å². The average Bonchev–Trinajstić information content (AvgIpc) is 2.42. The number of nitroso groups, excluding NO2 is 1. The molecular weight excluding hydrogens is 268 g/mol. The van der Waals surface area contributed by atoms with Crippen molar-refractivity contribution >= 4 is 5.69 Å². The van der Waals surface area contributed by atoms with E-state index in [4.69, 9.17) is 4.74 Å². The molecule has 1 aromatic carbocycles. The van der Waals surface area contributed by atoms with Crippen molar-refractivity contribution in [2.45, 2.75) is 58.1 Å². The van der Waals surface area contributed by atoms with Gasteiger partial charge in [-0.25, -0.2) is 0 Å². The highest BCUT2D eigenvalue weighted by Crippen LogP contribution is 2.54. The molecule has 1 unspecified atom stereocenters. The Kier molecular flexibility index (Phi) is 3.30. The fraction of sp³-hybridized carbons (Fsp3) is 0.625. The summed E-state index contributed by atoms with van der Waals surface area (Å²) in [7, 11) is 1.66. The predicted octanol–water partition coefficient (Wildman–Crippen LogP) is 4.08. The molecule has 1 heterocycles. The van der Waals surface area contributed by atoms with Crippen molar-refractivity contribution in [2.75, 3.05) is 7.05 Å². The minimum atomic E-state index is -0.145. The lowest BCUT2D eigenvalue weighted by molar-refractivity contribution is -0.145. The summed E-state index contributed by atoms with van der Waals surface area (Å²) in [6, 6.07) is -0.145. The Morgan fingerprint density at radius 3 is 2.38 bits per heavy atom. The van der Waals surface area contributed by atoms with Crippen LogP contribution in [0.5, 0.6) is 5.75 Å². The molecule has 1 aromatic rings. The summed E-state index contributed by atoms with van der Waals surface area (Å²) in [6.07, 6.45) is 3.99. The maximum absolute atomic E-state index is 11.2. The number of hydroxylamine groups is 2. The molecule has 0 amide bonds. The molecule has 0 bridgehead atoms. The van der Waals surface area contributed by atoms with Crippen molar-refractivity contribution in [2.24, 2.45) is 5.18 Å². The molecule has 5 nitrogen and oxygen atoms in total. The van der Waals surface area contributed by atoms with Crippen LogP contribution in [0.2, 0.25) is 0 Å². The third-order valence-electron chi connectivity index (χ3n) is 5.29. The highest BCUT2D eigenvalue weighted by atomic mass is 16.5. The van der Waals surface area contributed by atoms with Crippen molar-refractivity contribution in [1.29, 1.82) is 0 Å². The molecule has 1 saturated carbocycles. The molecule has 3 rings (SSSR count). The van der Waals surface area contributed by atoms with Gasteiger partial charge in [0.15, 0.2) is 0 Å². The second kappa shape index (κ2) is 4.78. The molecule has 1 N–H and O–H groups in total. The van der Waals surface area contributed by atoms with Crippen LogP contribution in [-0.4, -0.2) is 22.9 Å². The number of hydrogen-bond acceptors (Lipinski definition) is 5. The van der Waals surface area contributed by atoms with Gasteiger partial charge in [0.1, 0.15) is 17.0 Å². The summed E-state index contributed by atoms with van der Waals surface area (Å²) >= 11 is 0. The first-order valence-corrected chi connectivity index (χ1v) is 7.48. The Balaban J connectivity index is 2.24. The topological polar surface area (TPSA) is 62.1 Å². The van der Waals surface area contributed by atoms with Gasteiger partial charge in [-0.05, 0) is 61.9 Å². The van der Waals surface area contributed by atoms with Crippen LogP contribution in [0.15, 0.2) is 5.18 Å². The largest absolute Gasteiger partial charge is 0.487 e. The Morgan fingerprint density at radius 2 is 1.90 bits per heavy atom. The summed E-state index contributed by atoms with van der Waals surface area (Å²) < 4.78 is 6.35. The molecule has 5 heteroatoms. The van der Waals surface area contributed by atoms with Gasteiger partial charge < -0.3 is 9.94 Å². The molecule has 1 atom stereocenters. The minimum absolute atomic E-state index is 0.144. The van der Waals surface area contributed by atoms with E-state index in [1.165, 1.54) is 11.5 Å². The fourth-order valence-electron chi connectivity index (χ4n) is 3.71. The van der Waals surface area contributed by atoms with E-state index in [2.05, 4.69) is 5.18 Å². The van der Waals surface area contributed by atoms with Gasteiger partial charge in [0.2, 0.25) is 0 Å². The lowest BCUT2D eigenvalue weighted by Crippen LogP contribution is -2.49. The van der Waals surface area contributed by atoms with Gasteiger partial charge in [0.05, 0.1) is 6.04 Å². The van der Waals surface area contributed by atoms with Crippen molar-refractivity contribution in [3.8, 4) is 5.75 Å². The zero-order valence-electron chi connectivity index (χ0n) is 13.1. The first-order chi connectivity index (χ1) is 9.90. The number of nitrogens with zero attached hydrogens (tertiary/aromatic N) is 2. The monoisotopic (exact) mass is 290 g/mol. The van der Waals surface area contributed by atoms with E-state index >= 15 is 0 Å². The number of benzene rings is 1. The van der Waals surface area contributed by atoms with Crippen LogP contribution < -0.4 is 4.74 Å². The van der Waals surface area contributed by atoms with E-state index in [1.807, 2.05) is 20.8 Å². The van der Waals surface area contributed by atoms with Crippen molar-refractivity contribution in [1.82, 2.24) is 5.06 Å². The van der Waals surface area contributed by atoms with Crippen LogP contribution in [0.3, 0.4) is 0 Å². The normalized spacial score (nSPS) is 22.7. The van der Waals surface area contributed by atoms with Gasteiger partial charge in [-0.3, -0.25) is 0 Å². The third-order valence-corrected chi connectivity index (χ3v) is 5.29. The van der Waals surface area contributed by atoms with E-state index in [1.54, 1.807) is 7.05 Å². The van der Waals surface area contributed by atoms with Crippen LogP contribution in [0.1, 0.15) is 54.0 Å². The summed E-state index contributed by atoms with van der Waals surface area (Å²) in [6.45, 7) is 5.76. The molecule has 21 heavy (non-hydrogen) atoms. The van der Waals surface area contributed by atoms with Gasteiger partial charge in [-0.2, -0.15) is 5.06 Å². The van der Waals surface area contributed by atoms with Gasteiger partial charge in [-0.1, -0.05) is 0 Å². The highest BCUT2D eigenvalue weighted by molar-refractivity contribution is 5.66. The predicted molar refractivity (Wildman–Crippen MR) is 80.2 cm³/mol. The Hall–Kier alpha value is -1.46. The molecule has 1 fully saturated rings. The van der Waals surface area contributed by atoms with Gasteiger partial charge >= 0.3 is 0 Å². The summed E-state index contributed by atoms with van der Waals surface area (Å²) in [5.41, 5.74) is 3.90. The summed E-state index contributed by atoms with van der Waals surface area (Å²) in [5.74, 6) is 0.842. The molecule has 114 valence electrons. The van der Waals surface area contributed by atoms with Crippen LogP contribution >= 0.6 is 0 Å². The van der Waals surface area contributed by atoms with E-state index in [9.17, 15) is 10.1 Å². The highest BCUT2D eigenvalue weighted by Gasteiger charge is 2.48. The number of rotatable bonds is 2. The molecular formula is C16H22N2O3. The Labute approximate surface area is 124 Å². The molecule has 1 spiro atoms. The van der Waals surface area contributed by atoms with E-state index in [0.717, 1.165) is 47.3 Å². The van der Waals surface area contributed by atoms with Crippen LogP contribution in [0.4, 0.5) is 5.69 Å². The van der Waals surface area contributed by atoms with Gasteiger partial charge in [0, 0.05) is 19.0 Å². The smallest absolute Gasteiger partial charge is 0.128 e. The average molecular weight is 290 g/mol. The second-order valence-corrected chi connectivity index (χ2v) is 6.49. The quantitative estimate of drug-likeness (QED) is 0.658. The molecule has 1 aliphatic heterocycles. The lowest BCUT2D eigenvalue weighted by atomic mass is 9.71. The number of ether oxygens (including phenoxy) is 1. The summed E-state index contributed by atoms with van der Waals surface area (Å²) in [5, 5.41) is 14.5. The van der Waals surface area contributed by atoms with E-state index < -0.39 is 0 Å². The maximum Gasteiger partial charge on any atom is 0.128 e. The molecule has 0 saturated heterocycles. The van der Waals surface area contributed by atoms with Gasteiger partial charge in [-0.15, -0.1) is 4.91 Å². The van der Waals surface area contributed by atoms with Crippen LogP contribution in [-0.2, 0) is 0 Å². The number of hydrogen-bond donors (Lipinski definition) is 1. The standard InChI is InChI=1S/C16H22N2O3/c1-9-10(2)15-13(11(3)14(9)17-19)12(18(4)20)8-16(21-15)6-5-7-16/h12,20H,5-8H2,1-4H3. The number of fused-ring (bicyclic) bond motifs is 1. The Morgan fingerprint density at radius 1 is 1.24 bits per heavy atom. The summed E-state index contributed by atoms with van der Waals surface area (Å²) in [4.78, 5) is 11.2.